The first kappa shape index (κ1) is 30.7. The first-order chi connectivity index (χ1) is 21.3. The number of nitrogens with zero attached hydrogens (tertiary/aromatic N) is 2. The molecule has 0 saturated heterocycles. The highest BCUT2D eigenvalue weighted by Crippen LogP contribution is 2.50. The normalized spacial score (nSPS) is 18.8. The summed E-state index contributed by atoms with van der Waals surface area (Å²) in [5.41, 5.74) is 4.83. The highest BCUT2D eigenvalue weighted by molar-refractivity contribution is 9.10. The van der Waals surface area contributed by atoms with E-state index in [1.54, 1.807) is 48.5 Å². The topological polar surface area (TPSA) is 74.8 Å². The van der Waals surface area contributed by atoms with Crippen LogP contribution in [0.4, 0.5) is 0 Å². The van der Waals surface area contributed by atoms with Crippen molar-refractivity contribution in [3.05, 3.63) is 140 Å². The van der Waals surface area contributed by atoms with Gasteiger partial charge < -0.3 is 0 Å². The van der Waals surface area contributed by atoms with E-state index >= 15 is 0 Å². The Labute approximate surface area is 272 Å². The Balaban J connectivity index is 0.000000159. The zero-order chi connectivity index (χ0) is 32.3. The second-order valence-corrected chi connectivity index (χ2v) is 14.5. The van der Waals surface area contributed by atoms with Gasteiger partial charge in [-0.05, 0) is 64.3 Å². The van der Waals surface area contributed by atoms with Crippen molar-refractivity contribution >= 4 is 39.6 Å². The molecule has 2 atom stereocenters. The minimum absolute atomic E-state index is 0.156. The monoisotopic (exact) mass is 662 g/mol. The second kappa shape index (κ2) is 11.2. The van der Waals surface area contributed by atoms with Crippen LogP contribution in [0.25, 0.3) is 0 Å². The lowest BCUT2D eigenvalue weighted by Crippen LogP contribution is -2.41. The molecule has 7 rings (SSSR count). The Hall–Kier alpha value is -4.36. The van der Waals surface area contributed by atoms with Crippen molar-refractivity contribution in [3.63, 3.8) is 0 Å². The van der Waals surface area contributed by atoms with E-state index in [2.05, 4.69) is 35.8 Å². The number of amides is 4. The fourth-order valence-corrected chi connectivity index (χ4v) is 7.54. The molecule has 6 nitrogen and oxygen atoms in total. The molecule has 0 aromatic heterocycles. The van der Waals surface area contributed by atoms with E-state index in [1.807, 2.05) is 63.2 Å². The predicted octanol–water partition coefficient (Wildman–Crippen LogP) is 8.44. The fourth-order valence-electron chi connectivity index (χ4n) is 7.03. The third-order valence-corrected chi connectivity index (χ3v) is 9.65. The van der Waals surface area contributed by atoms with Crippen molar-refractivity contribution in [1.82, 2.24) is 9.80 Å². The van der Waals surface area contributed by atoms with Crippen molar-refractivity contribution in [2.45, 2.75) is 53.1 Å². The molecule has 2 aliphatic heterocycles. The van der Waals surface area contributed by atoms with E-state index in [1.165, 1.54) is 15.4 Å². The van der Waals surface area contributed by atoms with Gasteiger partial charge in [0, 0.05) is 4.47 Å². The first-order valence-corrected chi connectivity index (χ1v) is 15.9. The molecular formula is C38H35BrN2O4. The van der Waals surface area contributed by atoms with Gasteiger partial charge in [-0.15, -0.1) is 0 Å². The van der Waals surface area contributed by atoms with Gasteiger partial charge in [0.1, 0.15) is 0 Å². The predicted molar refractivity (Wildman–Crippen MR) is 177 cm³/mol. The number of hydrogen-bond acceptors (Lipinski definition) is 4. The number of carbonyl (C=O) groups excluding carboxylic acids is 4. The molecule has 228 valence electrons. The summed E-state index contributed by atoms with van der Waals surface area (Å²) in [5.74, 6) is -0.784. The number of fused-ring (bicyclic) bond motifs is 3. The summed E-state index contributed by atoms with van der Waals surface area (Å²) in [4.78, 5) is 54.2. The van der Waals surface area contributed by atoms with Gasteiger partial charge in [0.2, 0.25) is 0 Å². The quantitative estimate of drug-likeness (QED) is 0.206. The van der Waals surface area contributed by atoms with Gasteiger partial charge in [-0.3, -0.25) is 29.0 Å². The molecule has 0 radical (unpaired) electrons. The molecular weight excluding hydrogens is 628 g/mol. The highest BCUT2D eigenvalue weighted by atomic mass is 79.9. The molecule has 1 aliphatic carbocycles. The van der Waals surface area contributed by atoms with Crippen LogP contribution in [0.2, 0.25) is 0 Å². The smallest absolute Gasteiger partial charge is 0.262 e. The van der Waals surface area contributed by atoms with Gasteiger partial charge in [0.15, 0.2) is 0 Å². The minimum atomic E-state index is -0.342. The van der Waals surface area contributed by atoms with Crippen molar-refractivity contribution in [2.24, 2.45) is 10.8 Å². The maximum Gasteiger partial charge on any atom is 0.262 e. The SMILES string of the molecule is CC(C)(C)C(c1ccccc1Br)N1C(=O)c2ccccc2C1=O.CC1(C)Cc2ccccc2C1N1C(=O)c2ccccc2C1=O. The van der Waals surface area contributed by atoms with E-state index in [9.17, 15) is 19.2 Å². The molecule has 4 aromatic carbocycles. The zero-order valence-corrected chi connectivity index (χ0v) is 27.6. The summed E-state index contributed by atoms with van der Waals surface area (Å²) in [6.07, 6.45) is 0.876. The van der Waals surface area contributed by atoms with E-state index in [0.29, 0.717) is 22.3 Å². The summed E-state index contributed by atoms with van der Waals surface area (Å²) in [5, 5.41) is 0. The number of halogens is 1. The highest BCUT2D eigenvalue weighted by Gasteiger charge is 2.50. The van der Waals surface area contributed by atoms with Crippen LogP contribution in [0.15, 0.2) is 102 Å². The van der Waals surface area contributed by atoms with Crippen LogP contribution in [0.5, 0.6) is 0 Å². The molecule has 0 saturated carbocycles. The summed E-state index contributed by atoms with van der Waals surface area (Å²) < 4.78 is 0.900. The molecule has 0 fully saturated rings. The maximum absolute atomic E-state index is 12.9. The van der Waals surface area contributed by atoms with Crippen molar-refractivity contribution in [2.75, 3.05) is 0 Å². The molecule has 4 amide bonds. The lowest BCUT2D eigenvalue weighted by Gasteiger charge is -2.37. The van der Waals surface area contributed by atoms with Gasteiger partial charge in [0.25, 0.3) is 23.6 Å². The molecule has 2 unspecified atom stereocenters. The van der Waals surface area contributed by atoms with Gasteiger partial charge in [0.05, 0.1) is 34.3 Å². The van der Waals surface area contributed by atoms with Gasteiger partial charge in [-0.1, -0.05) is 117 Å². The summed E-state index contributed by atoms with van der Waals surface area (Å²) in [6.45, 7) is 10.4. The number of carbonyl (C=O) groups is 4. The molecule has 45 heavy (non-hydrogen) atoms. The number of rotatable bonds is 3. The Kier molecular flexibility index (Phi) is 7.64. The van der Waals surface area contributed by atoms with Gasteiger partial charge >= 0.3 is 0 Å². The standard InChI is InChI=1S/C19H18BrNO2.C19H17NO2/c1-19(2,3)16(14-10-6-7-11-15(14)20)21-17(22)12-8-4-5-9-13(12)18(21)23;1-19(2)11-12-7-3-4-8-13(12)16(19)20-17(21)14-9-5-6-10-15(14)18(20)22/h4-11,16H,1-3H3;3-10,16H,11H2,1-2H3. The van der Waals surface area contributed by atoms with Crippen LogP contribution in [-0.2, 0) is 6.42 Å². The van der Waals surface area contributed by atoms with Crippen molar-refractivity contribution in [3.8, 4) is 0 Å². The fraction of sp³-hybridized carbons (Fsp3) is 0.263. The summed E-state index contributed by atoms with van der Waals surface area (Å²) >= 11 is 3.56. The van der Waals surface area contributed by atoms with E-state index in [-0.39, 0.29) is 46.5 Å². The van der Waals surface area contributed by atoms with Crippen molar-refractivity contribution < 1.29 is 19.2 Å². The van der Waals surface area contributed by atoms with Crippen LogP contribution in [0.3, 0.4) is 0 Å². The van der Waals surface area contributed by atoms with Crippen molar-refractivity contribution in [1.29, 1.82) is 0 Å². The molecule has 0 bridgehead atoms. The van der Waals surface area contributed by atoms with E-state index in [4.69, 9.17) is 0 Å². The third kappa shape index (κ3) is 5.13. The Morgan fingerprint density at radius 3 is 1.62 bits per heavy atom. The molecule has 3 aliphatic rings. The third-order valence-electron chi connectivity index (χ3n) is 8.92. The lowest BCUT2D eigenvalue weighted by molar-refractivity contribution is 0.0444. The van der Waals surface area contributed by atoms with Crippen LogP contribution in [-0.4, -0.2) is 33.4 Å². The molecule has 0 N–H and O–H groups in total. The average molecular weight is 664 g/mol. The van der Waals surface area contributed by atoms with Gasteiger partial charge in [-0.25, -0.2) is 0 Å². The lowest BCUT2D eigenvalue weighted by atomic mass is 9.81. The van der Waals surface area contributed by atoms with Crippen LogP contribution in [0.1, 0.15) is 105 Å². The molecule has 0 spiro atoms. The molecule has 2 heterocycles. The number of imide groups is 2. The average Bonchev–Trinajstić information content (AvgIpc) is 3.52. The number of benzene rings is 4. The van der Waals surface area contributed by atoms with Gasteiger partial charge in [-0.2, -0.15) is 0 Å². The Morgan fingerprint density at radius 1 is 0.667 bits per heavy atom. The summed E-state index contributed by atoms with van der Waals surface area (Å²) in [7, 11) is 0. The van der Waals surface area contributed by atoms with E-state index in [0.717, 1.165) is 22.0 Å². The zero-order valence-electron chi connectivity index (χ0n) is 26.0. The first-order valence-electron chi connectivity index (χ1n) is 15.1. The van der Waals surface area contributed by atoms with Crippen LogP contribution < -0.4 is 0 Å². The number of hydrogen-bond donors (Lipinski definition) is 0. The molecule has 4 aromatic rings. The minimum Gasteiger partial charge on any atom is -0.269 e. The Morgan fingerprint density at radius 2 is 1.11 bits per heavy atom. The summed E-state index contributed by atoms with van der Waals surface area (Å²) in [6, 6.07) is 29.4. The largest absolute Gasteiger partial charge is 0.269 e. The molecule has 7 heteroatoms. The maximum atomic E-state index is 12.9. The second-order valence-electron chi connectivity index (χ2n) is 13.6. The van der Waals surface area contributed by atoms with E-state index < -0.39 is 0 Å². The van der Waals surface area contributed by atoms with Crippen LogP contribution in [0, 0.1) is 10.8 Å². The van der Waals surface area contributed by atoms with Crippen LogP contribution >= 0.6 is 15.9 Å². The Bertz CT molecular complexity index is 1800.